The van der Waals surface area contributed by atoms with Crippen molar-refractivity contribution < 1.29 is 4.74 Å². The Morgan fingerprint density at radius 2 is 2.22 bits per heavy atom. The lowest BCUT2D eigenvalue weighted by Crippen LogP contribution is -2.26. The molecule has 4 heteroatoms. The van der Waals surface area contributed by atoms with Crippen molar-refractivity contribution >= 4 is 11.6 Å². The van der Waals surface area contributed by atoms with Crippen LogP contribution >= 0.6 is 11.6 Å². The van der Waals surface area contributed by atoms with E-state index in [0.717, 1.165) is 50.6 Å². The van der Waals surface area contributed by atoms with Crippen LogP contribution in [0.5, 0.6) is 0 Å². The molecule has 0 spiro atoms. The minimum atomic E-state index is 0.329. The Morgan fingerprint density at radius 3 is 2.83 bits per heavy atom. The van der Waals surface area contributed by atoms with Crippen LogP contribution in [-0.4, -0.2) is 24.7 Å². The van der Waals surface area contributed by atoms with E-state index in [0.29, 0.717) is 11.1 Å². The molecule has 1 aliphatic rings. The van der Waals surface area contributed by atoms with Crippen LogP contribution in [0.2, 0.25) is 5.02 Å². The molecule has 0 aliphatic carbocycles. The fourth-order valence-corrected chi connectivity index (χ4v) is 2.58. The summed E-state index contributed by atoms with van der Waals surface area (Å²) in [4.78, 5) is 4.44. The van der Waals surface area contributed by atoms with Gasteiger partial charge in [-0.3, -0.25) is 4.98 Å². The fraction of sp³-hybridized carbons (Fsp3) is 0.643. The molecule has 18 heavy (non-hydrogen) atoms. The second kappa shape index (κ2) is 7.07. The zero-order valence-electron chi connectivity index (χ0n) is 10.9. The number of pyridine rings is 1. The van der Waals surface area contributed by atoms with Gasteiger partial charge in [-0.1, -0.05) is 18.5 Å². The summed E-state index contributed by atoms with van der Waals surface area (Å²) >= 11 is 5.89. The Balaban J connectivity index is 2.00. The maximum Gasteiger partial charge on any atom is 0.0589 e. The quantitative estimate of drug-likeness (QED) is 0.891. The lowest BCUT2D eigenvalue weighted by atomic mass is 9.91. The highest BCUT2D eigenvalue weighted by Crippen LogP contribution is 2.27. The molecule has 0 bridgehead atoms. The summed E-state index contributed by atoms with van der Waals surface area (Å²) in [5, 5.41) is 4.21. The summed E-state index contributed by atoms with van der Waals surface area (Å²) in [5.74, 6) is 0.736. The van der Waals surface area contributed by atoms with Crippen molar-refractivity contribution in [2.75, 3.05) is 19.8 Å². The van der Waals surface area contributed by atoms with Gasteiger partial charge in [0.2, 0.25) is 0 Å². The molecule has 1 N–H and O–H groups in total. The number of hydrogen-bond acceptors (Lipinski definition) is 3. The predicted octanol–water partition coefficient (Wildman–Crippen LogP) is 3.20. The van der Waals surface area contributed by atoms with E-state index in [2.05, 4.69) is 17.2 Å². The molecule has 100 valence electrons. The van der Waals surface area contributed by atoms with Crippen molar-refractivity contribution in [3.8, 4) is 0 Å². The Kier molecular flexibility index (Phi) is 5.42. The summed E-state index contributed by atoms with van der Waals surface area (Å²) in [6.07, 6.45) is 5.18. The van der Waals surface area contributed by atoms with Gasteiger partial charge in [-0.2, -0.15) is 0 Å². The first-order valence-electron chi connectivity index (χ1n) is 6.72. The number of ether oxygens (including phenoxy) is 1. The van der Waals surface area contributed by atoms with Crippen LogP contribution in [0.4, 0.5) is 0 Å². The molecule has 0 saturated carbocycles. The molecule has 0 aromatic carbocycles. The van der Waals surface area contributed by atoms with E-state index >= 15 is 0 Å². The summed E-state index contributed by atoms with van der Waals surface area (Å²) in [6.45, 7) is 4.89. The average Bonchev–Trinajstić information content (AvgIpc) is 2.40. The van der Waals surface area contributed by atoms with Crippen molar-refractivity contribution in [3.05, 3.63) is 29.0 Å². The van der Waals surface area contributed by atoms with E-state index in [4.69, 9.17) is 16.3 Å². The van der Waals surface area contributed by atoms with Crippen LogP contribution < -0.4 is 5.32 Å². The highest BCUT2D eigenvalue weighted by molar-refractivity contribution is 6.30. The van der Waals surface area contributed by atoms with Gasteiger partial charge in [0.05, 0.1) is 10.7 Å². The fourth-order valence-electron chi connectivity index (χ4n) is 2.46. The van der Waals surface area contributed by atoms with Crippen LogP contribution in [0.15, 0.2) is 18.3 Å². The van der Waals surface area contributed by atoms with E-state index in [-0.39, 0.29) is 0 Å². The largest absolute Gasteiger partial charge is 0.381 e. The van der Waals surface area contributed by atoms with Gasteiger partial charge in [-0.05, 0) is 43.9 Å². The molecular formula is C14H21ClN2O. The van der Waals surface area contributed by atoms with Crippen molar-refractivity contribution in [2.24, 2.45) is 5.92 Å². The molecule has 1 saturated heterocycles. The van der Waals surface area contributed by atoms with Gasteiger partial charge >= 0.3 is 0 Å². The normalized spacial score (nSPS) is 18.8. The first-order chi connectivity index (χ1) is 8.79. The van der Waals surface area contributed by atoms with E-state index in [9.17, 15) is 0 Å². The molecule has 1 aromatic heterocycles. The van der Waals surface area contributed by atoms with Gasteiger partial charge in [0, 0.05) is 25.5 Å². The summed E-state index contributed by atoms with van der Waals surface area (Å²) in [5.41, 5.74) is 1.09. The third-order valence-corrected chi connectivity index (χ3v) is 3.69. The second-order valence-corrected chi connectivity index (χ2v) is 5.24. The molecule has 1 atom stereocenters. The lowest BCUT2D eigenvalue weighted by Gasteiger charge is -2.27. The molecule has 1 unspecified atom stereocenters. The summed E-state index contributed by atoms with van der Waals surface area (Å²) in [6, 6.07) is 4.27. The molecule has 0 amide bonds. The highest BCUT2D eigenvalue weighted by atomic mass is 35.5. The first-order valence-corrected chi connectivity index (χ1v) is 7.10. The van der Waals surface area contributed by atoms with Gasteiger partial charge < -0.3 is 10.1 Å². The van der Waals surface area contributed by atoms with Gasteiger partial charge in [0.1, 0.15) is 0 Å². The maximum atomic E-state index is 5.89. The Labute approximate surface area is 114 Å². The Morgan fingerprint density at radius 1 is 1.44 bits per heavy atom. The van der Waals surface area contributed by atoms with Crippen LogP contribution in [0, 0.1) is 5.92 Å². The van der Waals surface area contributed by atoms with Crippen molar-refractivity contribution in [2.45, 2.75) is 32.2 Å². The third-order valence-electron chi connectivity index (χ3n) is 3.47. The number of hydrogen-bond donors (Lipinski definition) is 1. The third kappa shape index (κ3) is 3.94. The van der Waals surface area contributed by atoms with Crippen LogP contribution in [0.25, 0.3) is 0 Å². The SMILES string of the molecule is CCNC(CC1CCOCC1)c1ccc(Cl)cn1. The molecule has 3 nitrogen and oxygen atoms in total. The summed E-state index contributed by atoms with van der Waals surface area (Å²) in [7, 11) is 0. The molecular weight excluding hydrogens is 248 g/mol. The second-order valence-electron chi connectivity index (χ2n) is 4.80. The van der Waals surface area contributed by atoms with E-state index in [1.54, 1.807) is 6.20 Å². The van der Waals surface area contributed by atoms with Crippen molar-refractivity contribution in [1.29, 1.82) is 0 Å². The smallest absolute Gasteiger partial charge is 0.0589 e. The molecule has 0 radical (unpaired) electrons. The monoisotopic (exact) mass is 268 g/mol. The Hall–Kier alpha value is -0.640. The lowest BCUT2D eigenvalue weighted by molar-refractivity contribution is 0.0604. The zero-order chi connectivity index (χ0) is 12.8. The standard InChI is InChI=1S/C14H21ClN2O/c1-2-16-14(9-11-5-7-18-8-6-11)13-4-3-12(15)10-17-13/h3-4,10-11,14,16H,2,5-9H2,1H3. The number of nitrogens with one attached hydrogen (secondary N) is 1. The highest BCUT2D eigenvalue weighted by Gasteiger charge is 2.20. The van der Waals surface area contributed by atoms with Crippen LogP contribution in [-0.2, 0) is 4.74 Å². The van der Waals surface area contributed by atoms with Crippen LogP contribution in [0.1, 0.15) is 37.9 Å². The molecule has 1 fully saturated rings. The topological polar surface area (TPSA) is 34.1 Å². The van der Waals surface area contributed by atoms with E-state index in [1.807, 2.05) is 12.1 Å². The van der Waals surface area contributed by atoms with Crippen molar-refractivity contribution in [1.82, 2.24) is 10.3 Å². The molecule has 1 aliphatic heterocycles. The number of nitrogens with zero attached hydrogens (tertiary/aromatic N) is 1. The molecule has 2 rings (SSSR count). The number of aromatic nitrogens is 1. The predicted molar refractivity (Wildman–Crippen MR) is 73.8 cm³/mol. The van der Waals surface area contributed by atoms with Gasteiger partial charge in [-0.15, -0.1) is 0 Å². The van der Waals surface area contributed by atoms with Gasteiger partial charge in [-0.25, -0.2) is 0 Å². The minimum Gasteiger partial charge on any atom is -0.381 e. The molecule has 2 heterocycles. The van der Waals surface area contributed by atoms with E-state index < -0.39 is 0 Å². The number of halogens is 1. The van der Waals surface area contributed by atoms with Crippen molar-refractivity contribution in [3.63, 3.8) is 0 Å². The zero-order valence-corrected chi connectivity index (χ0v) is 11.6. The average molecular weight is 269 g/mol. The van der Waals surface area contributed by atoms with Crippen LogP contribution in [0.3, 0.4) is 0 Å². The van der Waals surface area contributed by atoms with Gasteiger partial charge in [0.25, 0.3) is 0 Å². The number of rotatable bonds is 5. The molecule has 1 aromatic rings. The maximum absolute atomic E-state index is 5.89. The van der Waals surface area contributed by atoms with Gasteiger partial charge in [0.15, 0.2) is 0 Å². The first kappa shape index (κ1) is 13.8. The summed E-state index contributed by atoms with van der Waals surface area (Å²) < 4.78 is 5.41. The minimum absolute atomic E-state index is 0.329. The Bertz CT molecular complexity index is 349. The van der Waals surface area contributed by atoms with E-state index in [1.165, 1.54) is 0 Å².